The number of aromatic nitrogens is 1. The number of nitrogens with zero attached hydrogens (tertiary/aromatic N) is 2. The molecule has 0 saturated carbocycles. The van der Waals surface area contributed by atoms with Crippen molar-refractivity contribution in [2.75, 3.05) is 0 Å². The third-order valence-electron chi connectivity index (χ3n) is 2.03. The highest BCUT2D eigenvalue weighted by atomic mass is 19.1. The fourth-order valence-electron chi connectivity index (χ4n) is 1.29. The summed E-state index contributed by atoms with van der Waals surface area (Å²) in [6, 6.07) is 9.89. The summed E-state index contributed by atoms with van der Waals surface area (Å²) in [6.45, 7) is 6.81. The van der Waals surface area contributed by atoms with Crippen molar-refractivity contribution in [2.24, 2.45) is 0 Å². The topological polar surface area (TPSA) is 17.2 Å². The largest absolute Gasteiger partial charge is 0.256 e. The van der Waals surface area contributed by atoms with E-state index in [-0.39, 0.29) is 5.69 Å². The average Bonchev–Trinajstić information content (AvgIpc) is 2.31. The number of halogens is 1. The maximum absolute atomic E-state index is 13.1. The Labute approximate surface area is 86.8 Å². The summed E-state index contributed by atoms with van der Waals surface area (Å²) in [5.41, 5.74) is 1.52. The van der Waals surface area contributed by atoms with E-state index in [0.29, 0.717) is 0 Å². The molecule has 2 rings (SSSR count). The van der Waals surface area contributed by atoms with Gasteiger partial charge >= 0.3 is 0 Å². The average molecular weight is 198 g/mol. The van der Waals surface area contributed by atoms with Gasteiger partial charge in [-0.1, -0.05) is 12.1 Å². The van der Waals surface area contributed by atoms with Gasteiger partial charge in [-0.3, -0.25) is 4.98 Å². The molecule has 15 heavy (non-hydrogen) atoms. The highest BCUT2D eigenvalue weighted by molar-refractivity contribution is 5.65. The first-order valence-electron chi connectivity index (χ1n) is 4.39. The molecular weight excluding hydrogens is 191 g/mol. The lowest BCUT2D eigenvalue weighted by atomic mass is 10.1. The second-order valence-corrected chi connectivity index (χ2v) is 2.99. The number of rotatable bonds is 1. The monoisotopic (exact) mass is 198 g/mol. The molecule has 1 aromatic heterocycles. The van der Waals surface area contributed by atoms with Crippen molar-refractivity contribution in [3.8, 4) is 11.3 Å². The predicted molar refractivity (Wildman–Crippen MR) is 55.9 cm³/mol. The van der Waals surface area contributed by atoms with Gasteiger partial charge in [0.2, 0.25) is 5.69 Å². The number of hydrogen-bond acceptors (Lipinski definition) is 1. The number of hydrogen-bond donors (Lipinski definition) is 0. The van der Waals surface area contributed by atoms with Crippen LogP contribution in [0.15, 0.2) is 42.6 Å². The second kappa shape index (κ2) is 3.89. The minimum absolute atomic E-state index is 0.0261. The van der Waals surface area contributed by atoms with E-state index in [1.165, 1.54) is 12.1 Å². The van der Waals surface area contributed by atoms with E-state index in [9.17, 15) is 4.39 Å². The first-order valence-corrected chi connectivity index (χ1v) is 4.39. The number of benzene rings is 1. The maximum Gasteiger partial charge on any atom is 0.222 e. The van der Waals surface area contributed by atoms with E-state index >= 15 is 0 Å². The van der Waals surface area contributed by atoms with E-state index < -0.39 is 5.82 Å². The van der Waals surface area contributed by atoms with Gasteiger partial charge in [0, 0.05) is 6.20 Å². The highest BCUT2D eigenvalue weighted by Gasteiger charge is 2.04. The van der Waals surface area contributed by atoms with Crippen LogP contribution in [0.1, 0.15) is 0 Å². The van der Waals surface area contributed by atoms with Crippen molar-refractivity contribution < 1.29 is 4.39 Å². The number of pyridine rings is 1. The summed E-state index contributed by atoms with van der Waals surface area (Å²) >= 11 is 0. The van der Waals surface area contributed by atoms with Gasteiger partial charge in [-0.15, -0.1) is 0 Å². The van der Waals surface area contributed by atoms with E-state index in [1.54, 1.807) is 12.3 Å². The molecule has 0 radical (unpaired) electrons. The standard InChI is InChI=1S/C12H7FN2/c1-14-12-8-9(5-6-10(12)13)11-4-2-3-7-15-11/h2-8H. The Hall–Kier alpha value is -2.21. The molecule has 2 aromatic rings. The Bertz CT molecular complexity index is 515. The molecule has 0 aliphatic heterocycles. The van der Waals surface area contributed by atoms with Gasteiger partial charge < -0.3 is 0 Å². The van der Waals surface area contributed by atoms with Crippen molar-refractivity contribution in [2.45, 2.75) is 0 Å². The summed E-state index contributed by atoms with van der Waals surface area (Å²) in [5.74, 6) is -0.496. The Morgan fingerprint density at radius 1 is 1.20 bits per heavy atom. The predicted octanol–water partition coefficient (Wildman–Crippen LogP) is 3.44. The van der Waals surface area contributed by atoms with E-state index in [0.717, 1.165) is 11.3 Å². The van der Waals surface area contributed by atoms with Gasteiger partial charge in [0.15, 0.2) is 0 Å². The molecular formula is C12H7FN2. The van der Waals surface area contributed by atoms with Gasteiger partial charge in [-0.2, -0.15) is 0 Å². The van der Waals surface area contributed by atoms with E-state index in [4.69, 9.17) is 6.57 Å². The fraction of sp³-hybridized carbons (Fsp3) is 0. The summed E-state index contributed by atoms with van der Waals surface area (Å²) in [5, 5.41) is 0. The van der Waals surface area contributed by atoms with Crippen molar-refractivity contribution in [1.29, 1.82) is 0 Å². The Kier molecular flexibility index (Phi) is 2.42. The van der Waals surface area contributed by atoms with Crippen LogP contribution in [0.25, 0.3) is 16.1 Å². The van der Waals surface area contributed by atoms with Crippen LogP contribution in [0.5, 0.6) is 0 Å². The van der Waals surface area contributed by atoms with Crippen molar-refractivity contribution in [1.82, 2.24) is 4.98 Å². The molecule has 0 aliphatic rings. The molecule has 1 heterocycles. The fourth-order valence-corrected chi connectivity index (χ4v) is 1.29. The second-order valence-electron chi connectivity index (χ2n) is 2.99. The van der Waals surface area contributed by atoms with Gasteiger partial charge in [-0.05, 0) is 29.8 Å². The van der Waals surface area contributed by atoms with Crippen molar-refractivity contribution >= 4 is 5.69 Å². The van der Waals surface area contributed by atoms with Crippen molar-refractivity contribution in [3.05, 3.63) is 59.8 Å². The van der Waals surface area contributed by atoms with E-state index in [1.807, 2.05) is 18.2 Å². The van der Waals surface area contributed by atoms with Crippen LogP contribution in [-0.4, -0.2) is 4.98 Å². The molecule has 3 heteroatoms. The van der Waals surface area contributed by atoms with E-state index in [2.05, 4.69) is 9.83 Å². The van der Waals surface area contributed by atoms with Crippen LogP contribution in [0.3, 0.4) is 0 Å². The lowest BCUT2D eigenvalue weighted by Gasteiger charge is -2.01. The lowest BCUT2D eigenvalue weighted by molar-refractivity contribution is 0.634. The molecule has 0 aliphatic carbocycles. The zero-order valence-corrected chi connectivity index (χ0v) is 7.81. The lowest BCUT2D eigenvalue weighted by Crippen LogP contribution is -1.82. The molecule has 0 amide bonds. The summed E-state index contributed by atoms with van der Waals surface area (Å²) in [7, 11) is 0. The zero-order chi connectivity index (χ0) is 10.7. The SMILES string of the molecule is [C-]#[N+]c1cc(-c2ccccn2)ccc1F. The van der Waals surface area contributed by atoms with Crippen LogP contribution >= 0.6 is 0 Å². The van der Waals surface area contributed by atoms with Crippen LogP contribution in [0.4, 0.5) is 10.1 Å². The molecule has 2 nitrogen and oxygen atoms in total. The molecule has 0 saturated heterocycles. The first kappa shape index (κ1) is 9.35. The third kappa shape index (κ3) is 1.84. The van der Waals surface area contributed by atoms with Crippen molar-refractivity contribution in [3.63, 3.8) is 0 Å². The van der Waals surface area contributed by atoms with Crippen LogP contribution in [0, 0.1) is 12.4 Å². The minimum Gasteiger partial charge on any atom is -0.256 e. The van der Waals surface area contributed by atoms with Gasteiger partial charge in [0.1, 0.15) is 5.82 Å². The normalized spacial score (nSPS) is 9.60. The molecule has 1 aromatic carbocycles. The van der Waals surface area contributed by atoms with Gasteiger partial charge in [0.25, 0.3) is 0 Å². The maximum atomic E-state index is 13.1. The Morgan fingerprint density at radius 2 is 2.07 bits per heavy atom. The van der Waals surface area contributed by atoms with Gasteiger partial charge in [0.05, 0.1) is 12.3 Å². The molecule has 0 bridgehead atoms. The molecule has 0 N–H and O–H groups in total. The van der Waals surface area contributed by atoms with Crippen LogP contribution in [-0.2, 0) is 0 Å². The molecule has 0 atom stereocenters. The Balaban J connectivity index is 2.52. The molecule has 0 fully saturated rings. The first-order chi connectivity index (χ1) is 7.31. The Morgan fingerprint density at radius 3 is 2.73 bits per heavy atom. The molecule has 0 unspecified atom stereocenters. The summed E-state index contributed by atoms with van der Waals surface area (Å²) in [4.78, 5) is 7.23. The smallest absolute Gasteiger partial charge is 0.222 e. The quantitative estimate of drug-likeness (QED) is 0.641. The summed E-state index contributed by atoms with van der Waals surface area (Å²) < 4.78 is 13.1. The van der Waals surface area contributed by atoms with Crippen LogP contribution < -0.4 is 0 Å². The minimum atomic E-state index is -0.496. The molecule has 72 valence electrons. The third-order valence-corrected chi connectivity index (χ3v) is 2.03. The van der Waals surface area contributed by atoms with Gasteiger partial charge in [-0.25, -0.2) is 9.24 Å². The highest BCUT2D eigenvalue weighted by Crippen LogP contribution is 2.25. The molecule has 0 spiro atoms. The summed E-state index contributed by atoms with van der Waals surface area (Å²) in [6.07, 6.45) is 1.66. The van der Waals surface area contributed by atoms with Crippen LogP contribution in [0.2, 0.25) is 0 Å². The zero-order valence-electron chi connectivity index (χ0n) is 7.81.